The number of nitrogens with one attached hydrogen (secondary N) is 1. The van der Waals surface area contributed by atoms with Crippen molar-refractivity contribution in [2.75, 3.05) is 36.7 Å². The van der Waals surface area contributed by atoms with Gasteiger partial charge >= 0.3 is 5.97 Å². The van der Waals surface area contributed by atoms with Gasteiger partial charge in [0.1, 0.15) is 9.84 Å². The highest BCUT2D eigenvalue weighted by Crippen LogP contribution is 2.18. The number of nitrogen functional groups attached to an aromatic ring is 1. The Bertz CT molecular complexity index is 540. The lowest BCUT2D eigenvalue weighted by molar-refractivity contribution is 0.0602. The average Bonchev–Trinajstić information content (AvgIpc) is 2.28. The van der Waals surface area contributed by atoms with Crippen LogP contribution in [0.25, 0.3) is 0 Å². The molecule has 0 amide bonds. The first kappa shape index (κ1) is 14.3. The summed E-state index contributed by atoms with van der Waals surface area (Å²) >= 11 is 0. The Labute approximate surface area is 106 Å². The fraction of sp³-hybridized carbons (Fsp3) is 0.364. The van der Waals surface area contributed by atoms with Crippen LogP contribution in [0.15, 0.2) is 18.2 Å². The summed E-state index contributed by atoms with van der Waals surface area (Å²) in [5.41, 5.74) is 6.83. The lowest BCUT2D eigenvalue weighted by atomic mass is 10.1. The Morgan fingerprint density at radius 3 is 2.67 bits per heavy atom. The van der Waals surface area contributed by atoms with E-state index in [4.69, 9.17) is 5.73 Å². The maximum atomic E-state index is 11.4. The second-order valence-electron chi connectivity index (χ2n) is 3.85. The molecule has 0 saturated heterocycles. The van der Waals surface area contributed by atoms with E-state index >= 15 is 0 Å². The van der Waals surface area contributed by atoms with Crippen LogP contribution in [0.3, 0.4) is 0 Å². The summed E-state index contributed by atoms with van der Waals surface area (Å²) in [6, 6.07) is 4.77. The molecule has 1 aromatic carbocycles. The van der Waals surface area contributed by atoms with Crippen molar-refractivity contribution in [2.45, 2.75) is 0 Å². The predicted octanol–water partition coefficient (Wildman–Crippen LogP) is 0.512. The summed E-state index contributed by atoms with van der Waals surface area (Å²) in [7, 11) is -1.74. The molecule has 0 saturated carbocycles. The molecule has 7 heteroatoms. The number of carbonyl (C=O) groups is 1. The number of carbonyl (C=O) groups excluding carboxylic acids is 1. The molecule has 0 heterocycles. The van der Waals surface area contributed by atoms with Crippen molar-refractivity contribution >= 4 is 27.2 Å². The van der Waals surface area contributed by atoms with Gasteiger partial charge in [0.15, 0.2) is 0 Å². The van der Waals surface area contributed by atoms with E-state index in [1.165, 1.54) is 13.2 Å². The molecule has 18 heavy (non-hydrogen) atoms. The van der Waals surface area contributed by atoms with E-state index in [2.05, 4.69) is 10.1 Å². The van der Waals surface area contributed by atoms with Crippen molar-refractivity contribution in [1.29, 1.82) is 0 Å². The quantitative estimate of drug-likeness (QED) is 0.598. The van der Waals surface area contributed by atoms with Gasteiger partial charge in [-0.2, -0.15) is 0 Å². The van der Waals surface area contributed by atoms with Crippen LogP contribution in [0, 0.1) is 0 Å². The monoisotopic (exact) mass is 272 g/mol. The van der Waals surface area contributed by atoms with Gasteiger partial charge in [-0.15, -0.1) is 0 Å². The van der Waals surface area contributed by atoms with Crippen LogP contribution in [0.4, 0.5) is 11.4 Å². The van der Waals surface area contributed by atoms with E-state index in [1.807, 2.05) is 0 Å². The first-order valence-corrected chi connectivity index (χ1v) is 7.29. The fourth-order valence-electron chi connectivity index (χ4n) is 1.33. The largest absolute Gasteiger partial charge is 0.465 e. The molecule has 3 N–H and O–H groups in total. The normalized spacial score (nSPS) is 11.0. The van der Waals surface area contributed by atoms with Crippen LogP contribution < -0.4 is 11.1 Å². The molecule has 1 aromatic rings. The van der Waals surface area contributed by atoms with E-state index in [9.17, 15) is 13.2 Å². The van der Waals surface area contributed by atoms with Gasteiger partial charge in [-0.3, -0.25) is 0 Å². The molecular formula is C11H16N2O4S. The second-order valence-corrected chi connectivity index (χ2v) is 6.11. The van der Waals surface area contributed by atoms with Crippen LogP contribution in [-0.2, 0) is 14.6 Å². The predicted molar refractivity (Wildman–Crippen MR) is 70.4 cm³/mol. The molecule has 0 fully saturated rings. The molecule has 0 spiro atoms. The highest BCUT2D eigenvalue weighted by molar-refractivity contribution is 7.90. The fourth-order valence-corrected chi connectivity index (χ4v) is 1.81. The minimum absolute atomic E-state index is 0.0188. The lowest BCUT2D eigenvalue weighted by Gasteiger charge is -2.09. The van der Waals surface area contributed by atoms with Gasteiger partial charge in [-0.1, -0.05) is 0 Å². The van der Waals surface area contributed by atoms with Crippen LogP contribution in [-0.4, -0.2) is 40.1 Å². The standard InChI is InChI=1S/C11H16N2O4S/c1-17-11(14)9-7-8(3-4-10(9)12)13-5-6-18(2,15)16/h3-4,7,13H,5-6,12H2,1-2H3. The third-order valence-corrected chi connectivity index (χ3v) is 3.21. The molecule has 1 rings (SSSR count). The molecule has 0 radical (unpaired) electrons. The maximum absolute atomic E-state index is 11.4. The zero-order valence-corrected chi connectivity index (χ0v) is 11.1. The van der Waals surface area contributed by atoms with E-state index in [0.717, 1.165) is 6.26 Å². The molecule has 0 aromatic heterocycles. The van der Waals surface area contributed by atoms with Gasteiger partial charge in [0.25, 0.3) is 0 Å². The number of methoxy groups -OCH3 is 1. The molecule has 6 nitrogen and oxygen atoms in total. The molecular weight excluding hydrogens is 256 g/mol. The average molecular weight is 272 g/mol. The summed E-state index contributed by atoms with van der Waals surface area (Å²) in [5.74, 6) is -0.510. The van der Waals surface area contributed by atoms with Crippen molar-refractivity contribution in [1.82, 2.24) is 0 Å². The first-order chi connectivity index (χ1) is 8.33. The number of benzene rings is 1. The topological polar surface area (TPSA) is 98.5 Å². The van der Waals surface area contributed by atoms with Crippen molar-refractivity contribution < 1.29 is 17.9 Å². The number of sulfone groups is 1. The number of esters is 1. The van der Waals surface area contributed by atoms with Crippen molar-refractivity contribution in [3.8, 4) is 0 Å². The van der Waals surface area contributed by atoms with Gasteiger partial charge < -0.3 is 15.8 Å². The molecule has 0 atom stereocenters. The highest BCUT2D eigenvalue weighted by Gasteiger charge is 2.10. The molecule has 0 aliphatic carbocycles. The Morgan fingerprint density at radius 2 is 2.11 bits per heavy atom. The second kappa shape index (κ2) is 5.72. The number of hydrogen-bond donors (Lipinski definition) is 2. The van der Waals surface area contributed by atoms with Gasteiger partial charge in [-0.25, -0.2) is 13.2 Å². The van der Waals surface area contributed by atoms with E-state index < -0.39 is 15.8 Å². The Morgan fingerprint density at radius 1 is 1.44 bits per heavy atom. The molecule has 0 bridgehead atoms. The van der Waals surface area contributed by atoms with Crippen LogP contribution in [0.2, 0.25) is 0 Å². The van der Waals surface area contributed by atoms with E-state index in [-0.39, 0.29) is 17.9 Å². The molecule has 100 valence electrons. The number of rotatable bonds is 5. The lowest BCUT2D eigenvalue weighted by Crippen LogP contribution is -2.14. The summed E-state index contributed by atoms with van der Waals surface area (Å²) in [4.78, 5) is 11.4. The number of ether oxygens (including phenoxy) is 1. The highest BCUT2D eigenvalue weighted by atomic mass is 32.2. The third kappa shape index (κ3) is 4.25. The Hall–Kier alpha value is -1.76. The van der Waals surface area contributed by atoms with Crippen molar-refractivity contribution in [3.05, 3.63) is 23.8 Å². The zero-order chi connectivity index (χ0) is 13.8. The summed E-state index contributed by atoms with van der Waals surface area (Å²) < 4.78 is 26.5. The SMILES string of the molecule is COC(=O)c1cc(NCCS(C)(=O)=O)ccc1N. The van der Waals surface area contributed by atoms with Crippen LogP contribution in [0.5, 0.6) is 0 Å². The Kier molecular flexibility index (Phi) is 4.55. The van der Waals surface area contributed by atoms with E-state index in [1.54, 1.807) is 12.1 Å². The molecule has 0 aliphatic heterocycles. The van der Waals surface area contributed by atoms with Crippen LogP contribution >= 0.6 is 0 Å². The Balaban J connectivity index is 2.76. The van der Waals surface area contributed by atoms with Gasteiger partial charge in [0.05, 0.1) is 18.4 Å². The molecule has 0 aliphatic rings. The minimum Gasteiger partial charge on any atom is -0.465 e. The van der Waals surface area contributed by atoms with Gasteiger partial charge in [0, 0.05) is 24.2 Å². The minimum atomic E-state index is -3.01. The van der Waals surface area contributed by atoms with Crippen molar-refractivity contribution in [3.63, 3.8) is 0 Å². The van der Waals surface area contributed by atoms with Crippen molar-refractivity contribution in [2.24, 2.45) is 0 Å². The number of hydrogen-bond acceptors (Lipinski definition) is 6. The smallest absolute Gasteiger partial charge is 0.340 e. The zero-order valence-electron chi connectivity index (χ0n) is 10.3. The van der Waals surface area contributed by atoms with Gasteiger partial charge in [0.2, 0.25) is 0 Å². The first-order valence-electron chi connectivity index (χ1n) is 5.23. The summed E-state index contributed by atoms with van der Waals surface area (Å²) in [6.45, 7) is 0.267. The van der Waals surface area contributed by atoms with E-state index in [0.29, 0.717) is 11.4 Å². The maximum Gasteiger partial charge on any atom is 0.340 e. The summed E-state index contributed by atoms with van der Waals surface area (Å²) in [6.07, 6.45) is 1.16. The number of anilines is 2. The third-order valence-electron chi connectivity index (χ3n) is 2.26. The van der Waals surface area contributed by atoms with Gasteiger partial charge in [-0.05, 0) is 18.2 Å². The van der Waals surface area contributed by atoms with Crippen LogP contribution in [0.1, 0.15) is 10.4 Å². The molecule has 0 unspecified atom stereocenters. The summed E-state index contributed by atoms with van der Waals surface area (Å²) in [5, 5.41) is 2.91. The number of nitrogens with two attached hydrogens (primary N) is 1.